The SMILES string of the molecule is O=C(NNC(=O)C1CCN(c2ccccc2[N+](=O)[O-])CC1)c1ccc(Cl)cc1. The van der Waals surface area contributed by atoms with Crippen molar-refractivity contribution in [2.75, 3.05) is 18.0 Å². The molecular formula is C19H19ClN4O4. The van der Waals surface area contributed by atoms with Gasteiger partial charge in [0.2, 0.25) is 5.91 Å². The van der Waals surface area contributed by atoms with Crippen molar-refractivity contribution in [1.82, 2.24) is 10.9 Å². The molecule has 0 radical (unpaired) electrons. The Bertz CT molecular complexity index is 880. The third-order valence-corrected chi connectivity index (χ3v) is 4.94. The lowest BCUT2D eigenvalue weighted by Gasteiger charge is -2.32. The van der Waals surface area contributed by atoms with E-state index in [4.69, 9.17) is 11.6 Å². The summed E-state index contributed by atoms with van der Waals surface area (Å²) in [5.74, 6) is -0.976. The van der Waals surface area contributed by atoms with Gasteiger partial charge in [-0.1, -0.05) is 23.7 Å². The van der Waals surface area contributed by atoms with Crippen molar-refractivity contribution in [2.24, 2.45) is 5.92 Å². The molecule has 1 aliphatic heterocycles. The predicted octanol–water partition coefficient (Wildman–Crippen LogP) is 2.93. The molecule has 2 amide bonds. The Morgan fingerprint density at radius 3 is 2.32 bits per heavy atom. The number of hydrogen-bond donors (Lipinski definition) is 2. The summed E-state index contributed by atoms with van der Waals surface area (Å²) in [6, 6.07) is 12.9. The molecule has 0 bridgehead atoms. The van der Waals surface area contributed by atoms with Crippen LogP contribution < -0.4 is 15.8 Å². The first-order chi connectivity index (χ1) is 13.5. The molecule has 0 atom stereocenters. The molecule has 146 valence electrons. The summed E-state index contributed by atoms with van der Waals surface area (Å²) < 4.78 is 0. The van der Waals surface area contributed by atoms with Crippen molar-refractivity contribution in [2.45, 2.75) is 12.8 Å². The summed E-state index contributed by atoms with van der Waals surface area (Å²) in [5, 5.41) is 11.7. The Morgan fingerprint density at radius 1 is 1.04 bits per heavy atom. The van der Waals surface area contributed by atoms with Gasteiger partial charge in [0.1, 0.15) is 5.69 Å². The molecule has 2 aromatic rings. The minimum Gasteiger partial charge on any atom is -0.366 e. The number of carbonyl (C=O) groups excluding carboxylic acids is 2. The first-order valence-electron chi connectivity index (χ1n) is 8.80. The normalized spacial score (nSPS) is 14.4. The zero-order valence-electron chi connectivity index (χ0n) is 14.9. The maximum Gasteiger partial charge on any atom is 0.292 e. The summed E-state index contributed by atoms with van der Waals surface area (Å²) in [5.41, 5.74) is 5.85. The molecule has 28 heavy (non-hydrogen) atoms. The van der Waals surface area contributed by atoms with Crippen LogP contribution in [0, 0.1) is 16.0 Å². The van der Waals surface area contributed by atoms with Crippen LogP contribution in [-0.2, 0) is 4.79 Å². The summed E-state index contributed by atoms with van der Waals surface area (Å²) in [4.78, 5) is 37.1. The number of rotatable bonds is 4. The molecule has 0 unspecified atom stereocenters. The molecular weight excluding hydrogens is 384 g/mol. The van der Waals surface area contributed by atoms with E-state index in [0.29, 0.717) is 42.2 Å². The number of para-hydroxylation sites is 2. The van der Waals surface area contributed by atoms with E-state index < -0.39 is 10.8 Å². The molecule has 0 aromatic heterocycles. The maximum absolute atomic E-state index is 12.3. The molecule has 1 saturated heterocycles. The second-order valence-corrected chi connectivity index (χ2v) is 6.89. The predicted molar refractivity (Wildman–Crippen MR) is 105 cm³/mol. The number of amides is 2. The number of nitro benzene ring substituents is 1. The number of benzene rings is 2. The zero-order chi connectivity index (χ0) is 20.1. The van der Waals surface area contributed by atoms with Crippen LogP contribution in [0.3, 0.4) is 0 Å². The largest absolute Gasteiger partial charge is 0.366 e. The lowest BCUT2D eigenvalue weighted by atomic mass is 9.95. The van der Waals surface area contributed by atoms with Gasteiger partial charge in [-0.05, 0) is 43.2 Å². The van der Waals surface area contributed by atoms with Gasteiger partial charge in [0.15, 0.2) is 0 Å². The van der Waals surface area contributed by atoms with Crippen molar-refractivity contribution in [3.05, 3.63) is 69.2 Å². The van der Waals surface area contributed by atoms with Crippen molar-refractivity contribution in [1.29, 1.82) is 0 Å². The number of halogens is 1. The number of hydrazine groups is 1. The lowest BCUT2D eigenvalue weighted by Crippen LogP contribution is -2.47. The molecule has 2 N–H and O–H groups in total. The van der Waals surface area contributed by atoms with Gasteiger partial charge in [-0.25, -0.2) is 0 Å². The highest BCUT2D eigenvalue weighted by Crippen LogP contribution is 2.31. The van der Waals surface area contributed by atoms with E-state index >= 15 is 0 Å². The van der Waals surface area contributed by atoms with E-state index in [-0.39, 0.29) is 17.5 Å². The minimum atomic E-state index is -0.428. The van der Waals surface area contributed by atoms with Gasteiger partial charge >= 0.3 is 0 Å². The van der Waals surface area contributed by atoms with Gasteiger partial charge < -0.3 is 4.90 Å². The average molecular weight is 403 g/mol. The van der Waals surface area contributed by atoms with Crippen LogP contribution in [0.4, 0.5) is 11.4 Å². The van der Waals surface area contributed by atoms with Crippen LogP contribution in [-0.4, -0.2) is 29.8 Å². The fourth-order valence-electron chi connectivity index (χ4n) is 3.16. The van der Waals surface area contributed by atoms with Crippen molar-refractivity contribution < 1.29 is 14.5 Å². The van der Waals surface area contributed by atoms with E-state index in [9.17, 15) is 19.7 Å². The van der Waals surface area contributed by atoms with E-state index in [1.807, 2.05) is 4.90 Å². The molecule has 1 fully saturated rings. The maximum atomic E-state index is 12.3. The van der Waals surface area contributed by atoms with Gasteiger partial charge in [0, 0.05) is 35.7 Å². The highest BCUT2D eigenvalue weighted by Gasteiger charge is 2.28. The molecule has 0 aliphatic carbocycles. The molecule has 8 nitrogen and oxygen atoms in total. The Morgan fingerprint density at radius 2 is 1.68 bits per heavy atom. The van der Waals surface area contributed by atoms with Gasteiger partial charge in [-0.15, -0.1) is 0 Å². The number of piperidine rings is 1. The van der Waals surface area contributed by atoms with Crippen molar-refractivity contribution in [3.63, 3.8) is 0 Å². The van der Waals surface area contributed by atoms with Crippen molar-refractivity contribution >= 4 is 34.8 Å². The molecule has 9 heteroatoms. The molecule has 0 saturated carbocycles. The molecule has 1 heterocycles. The van der Waals surface area contributed by atoms with Crippen LogP contribution in [0.1, 0.15) is 23.2 Å². The molecule has 0 spiro atoms. The smallest absolute Gasteiger partial charge is 0.292 e. The van der Waals surface area contributed by atoms with Gasteiger partial charge in [0.25, 0.3) is 11.6 Å². The van der Waals surface area contributed by atoms with Gasteiger partial charge in [0.05, 0.1) is 4.92 Å². The van der Waals surface area contributed by atoms with Crippen LogP contribution in [0.15, 0.2) is 48.5 Å². The third-order valence-electron chi connectivity index (χ3n) is 4.69. The highest BCUT2D eigenvalue weighted by molar-refractivity contribution is 6.30. The van der Waals surface area contributed by atoms with E-state index in [2.05, 4.69) is 10.9 Å². The second-order valence-electron chi connectivity index (χ2n) is 6.46. The van der Waals surface area contributed by atoms with Crippen LogP contribution >= 0.6 is 11.6 Å². The standard InChI is InChI=1S/C19H19ClN4O4/c20-15-7-5-13(6-8-15)18(25)21-22-19(26)14-9-11-23(12-10-14)16-3-1-2-4-17(16)24(27)28/h1-8,14H,9-12H2,(H,21,25)(H,22,26). The minimum absolute atomic E-state index is 0.0561. The van der Waals surface area contributed by atoms with Crippen LogP contribution in [0.5, 0.6) is 0 Å². The topological polar surface area (TPSA) is 105 Å². The van der Waals surface area contributed by atoms with E-state index in [1.165, 1.54) is 6.07 Å². The van der Waals surface area contributed by atoms with Crippen LogP contribution in [0.2, 0.25) is 5.02 Å². The van der Waals surface area contributed by atoms with E-state index in [0.717, 1.165) is 0 Å². The summed E-state index contributed by atoms with van der Waals surface area (Å²) in [7, 11) is 0. The van der Waals surface area contributed by atoms with Crippen molar-refractivity contribution in [3.8, 4) is 0 Å². The molecule has 3 rings (SSSR count). The zero-order valence-corrected chi connectivity index (χ0v) is 15.7. The Kier molecular flexibility index (Phi) is 6.10. The van der Waals surface area contributed by atoms with E-state index in [1.54, 1.807) is 42.5 Å². The second kappa shape index (κ2) is 8.71. The van der Waals surface area contributed by atoms with Crippen LogP contribution in [0.25, 0.3) is 0 Å². The summed E-state index contributed by atoms with van der Waals surface area (Å²) in [6.45, 7) is 1.04. The molecule has 2 aromatic carbocycles. The number of carbonyl (C=O) groups is 2. The first-order valence-corrected chi connectivity index (χ1v) is 9.17. The number of anilines is 1. The first kappa shape index (κ1) is 19.6. The third kappa shape index (κ3) is 4.58. The lowest BCUT2D eigenvalue weighted by molar-refractivity contribution is -0.384. The monoisotopic (exact) mass is 402 g/mol. The number of hydrogen-bond acceptors (Lipinski definition) is 5. The fraction of sp³-hybridized carbons (Fsp3) is 0.263. The van der Waals surface area contributed by atoms with Gasteiger partial charge in [-0.3, -0.25) is 30.6 Å². The summed E-state index contributed by atoms with van der Waals surface area (Å²) in [6.07, 6.45) is 1.07. The number of nitrogens with one attached hydrogen (secondary N) is 2. The molecule has 1 aliphatic rings. The Labute approximate surface area is 166 Å². The fourth-order valence-corrected chi connectivity index (χ4v) is 3.29. The number of nitrogens with zero attached hydrogens (tertiary/aromatic N) is 2. The Balaban J connectivity index is 1.52. The van der Waals surface area contributed by atoms with Gasteiger partial charge in [-0.2, -0.15) is 0 Å². The Hall–Kier alpha value is -3.13. The number of nitro groups is 1. The average Bonchev–Trinajstić information content (AvgIpc) is 2.72. The quantitative estimate of drug-likeness (QED) is 0.604. The summed E-state index contributed by atoms with van der Waals surface area (Å²) >= 11 is 5.79. The highest BCUT2D eigenvalue weighted by atomic mass is 35.5.